The Morgan fingerprint density at radius 3 is 2.53 bits per heavy atom. The number of nitrogens with zero attached hydrogens (tertiary/aromatic N) is 1. The predicted octanol–water partition coefficient (Wildman–Crippen LogP) is -0.262. The summed E-state index contributed by atoms with van der Waals surface area (Å²) in [6.45, 7) is 0. The quantitative estimate of drug-likeness (QED) is 0.705. The molecule has 1 heterocycles. The molecular weight excluding hydrogens is 250 g/mol. The molecule has 0 aliphatic carbocycles. The molecule has 0 saturated heterocycles. The van der Waals surface area contributed by atoms with Crippen molar-refractivity contribution in [1.82, 2.24) is 4.57 Å². The van der Waals surface area contributed by atoms with Crippen LogP contribution in [0.4, 0.5) is 0 Å². The fourth-order valence-corrected chi connectivity index (χ4v) is 2.21. The smallest absolute Gasteiger partial charge is 0.372 e. The third-order valence-corrected chi connectivity index (χ3v) is 3.20. The number of rotatable bonds is 1. The van der Waals surface area contributed by atoms with Crippen molar-refractivity contribution in [2.75, 3.05) is 0 Å². The maximum Gasteiger partial charge on any atom is 0.422 e. The summed E-state index contributed by atoms with van der Waals surface area (Å²) >= 11 is 0. The summed E-state index contributed by atoms with van der Waals surface area (Å²) in [5.74, 6) is -0.907. The van der Waals surface area contributed by atoms with E-state index in [1.807, 2.05) is 0 Å². The van der Waals surface area contributed by atoms with Crippen LogP contribution in [0.5, 0.6) is 0 Å². The van der Waals surface area contributed by atoms with E-state index in [0.717, 1.165) is 10.6 Å². The van der Waals surface area contributed by atoms with Gasteiger partial charge in [-0.05, 0) is 12.1 Å². The second kappa shape index (κ2) is 3.54. The number of hydrogen-bond donors (Lipinski definition) is 1. The molecule has 0 aliphatic rings. The van der Waals surface area contributed by atoms with E-state index in [1.54, 1.807) is 0 Å². The SMILES string of the molecule is Cn1c(=O)oc(=O)c2c(S(=O)(=O)O)cccc21. The van der Waals surface area contributed by atoms with E-state index in [9.17, 15) is 18.0 Å². The Bertz CT molecular complexity index is 813. The summed E-state index contributed by atoms with van der Waals surface area (Å²) in [5.41, 5.74) is -1.03. The highest BCUT2D eigenvalue weighted by Gasteiger charge is 2.19. The van der Waals surface area contributed by atoms with E-state index in [4.69, 9.17) is 4.55 Å². The zero-order valence-electron chi connectivity index (χ0n) is 8.58. The minimum Gasteiger partial charge on any atom is -0.372 e. The summed E-state index contributed by atoms with van der Waals surface area (Å²) in [5, 5.41) is -0.350. The van der Waals surface area contributed by atoms with Crippen LogP contribution >= 0.6 is 0 Å². The van der Waals surface area contributed by atoms with Crippen LogP contribution in [0.25, 0.3) is 10.9 Å². The van der Waals surface area contributed by atoms with Gasteiger partial charge in [-0.25, -0.2) is 9.59 Å². The second-order valence-electron chi connectivity index (χ2n) is 3.34. The van der Waals surface area contributed by atoms with Gasteiger partial charge >= 0.3 is 11.4 Å². The van der Waals surface area contributed by atoms with Crippen molar-refractivity contribution in [1.29, 1.82) is 0 Å². The lowest BCUT2D eigenvalue weighted by Gasteiger charge is -2.04. The van der Waals surface area contributed by atoms with E-state index in [-0.39, 0.29) is 10.9 Å². The van der Waals surface area contributed by atoms with Gasteiger partial charge in [0.05, 0.1) is 5.52 Å². The molecule has 1 N–H and O–H groups in total. The average molecular weight is 257 g/mol. The maximum absolute atomic E-state index is 11.5. The van der Waals surface area contributed by atoms with E-state index in [2.05, 4.69) is 4.42 Å². The molecule has 90 valence electrons. The van der Waals surface area contributed by atoms with Crippen LogP contribution in [-0.2, 0) is 17.2 Å². The van der Waals surface area contributed by atoms with Gasteiger partial charge in [0.15, 0.2) is 0 Å². The van der Waals surface area contributed by atoms with Crippen LogP contribution in [0.2, 0.25) is 0 Å². The van der Waals surface area contributed by atoms with Gasteiger partial charge in [-0.2, -0.15) is 8.42 Å². The lowest BCUT2D eigenvalue weighted by molar-refractivity contribution is 0.430. The average Bonchev–Trinajstić information content (AvgIpc) is 2.24. The minimum absolute atomic E-state index is 0.0707. The van der Waals surface area contributed by atoms with E-state index in [1.165, 1.54) is 19.2 Å². The number of aromatic nitrogens is 1. The van der Waals surface area contributed by atoms with Gasteiger partial charge in [0, 0.05) is 7.05 Å². The zero-order chi connectivity index (χ0) is 12.8. The van der Waals surface area contributed by atoms with Crippen LogP contribution in [0, 0.1) is 0 Å². The fraction of sp³-hybridized carbons (Fsp3) is 0.111. The topological polar surface area (TPSA) is 107 Å². The molecule has 7 nitrogen and oxygen atoms in total. The fourth-order valence-electron chi connectivity index (χ4n) is 1.52. The van der Waals surface area contributed by atoms with Crippen LogP contribution in [0.3, 0.4) is 0 Å². The van der Waals surface area contributed by atoms with Crippen LogP contribution < -0.4 is 11.4 Å². The Labute approximate surface area is 94.7 Å². The molecule has 0 fully saturated rings. The first-order valence-corrected chi connectivity index (χ1v) is 5.87. The lowest BCUT2D eigenvalue weighted by atomic mass is 10.2. The highest BCUT2D eigenvalue weighted by molar-refractivity contribution is 7.86. The third kappa shape index (κ3) is 1.77. The summed E-state index contributed by atoms with van der Waals surface area (Å²) < 4.78 is 36.5. The van der Waals surface area contributed by atoms with Gasteiger partial charge in [0.25, 0.3) is 10.1 Å². The van der Waals surface area contributed by atoms with Crippen molar-refractivity contribution < 1.29 is 17.4 Å². The number of aryl methyl sites for hydroxylation is 1. The highest BCUT2D eigenvalue weighted by atomic mass is 32.2. The van der Waals surface area contributed by atoms with Crippen LogP contribution in [0.1, 0.15) is 0 Å². The van der Waals surface area contributed by atoms with Crippen molar-refractivity contribution in [3.8, 4) is 0 Å². The van der Waals surface area contributed by atoms with Crippen molar-refractivity contribution in [3.05, 3.63) is 39.2 Å². The number of hydrogen-bond acceptors (Lipinski definition) is 5. The molecule has 2 rings (SSSR count). The highest BCUT2D eigenvalue weighted by Crippen LogP contribution is 2.17. The Morgan fingerprint density at radius 2 is 1.94 bits per heavy atom. The van der Waals surface area contributed by atoms with Gasteiger partial charge < -0.3 is 4.42 Å². The number of benzene rings is 1. The Hall–Kier alpha value is -1.93. The van der Waals surface area contributed by atoms with E-state index < -0.39 is 26.4 Å². The Morgan fingerprint density at radius 1 is 1.29 bits per heavy atom. The Balaban J connectivity index is 3.18. The van der Waals surface area contributed by atoms with E-state index in [0.29, 0.717) is 0 Å². The van der Waals surface area contributed by atoms with Crippen molar-refractivity contribution >= 4 is 21.0 Å². The molecule has 0 radical (unpaired) electrons. The first kappa shape index (κ1) is 11.6. The molecule has 0 amide bonds. The van der Waals surface area contributed by atoms with Crippen LogP contribution in [0.15, 0.2) is 37.1 Å². The standard InChI is InChI=1S/C9H7NO6S/c1-10-5-3-2-4-6(17(13,14)15)7(5)8(11)16-9(10)12/h2-4H,1H3,(H,13,14,15). The first-order chi connectivity index (χ1) is 7.82. The molecule has 2 aromatic rings. The summed E-state index contributed by atoms with van der Waals surface area (Å²) in [7, 11) is -3.24. The minimum atomic E-state index is -4.56. The third-order valence-electron chi connectivity index (χ3n) is 2.30. The van der Waals surface area contributed by atoms with Gasteiger partial charge in [-0.1, -0.05) is 6.07 Å². The molecule has 0 atom stereocenters. The predicted molar refractivity (Wildman–Crippen MR) is 57.5 cm³/mol. The van der Waals surface area contributed by atoms with Gasteiger partial charge in [-0.3, -0.25) is 9.12 Å². The summed E-state index contributed by atoms with van der Waals surface area (Å²) in [6.07, 6.45) is 0. The lowest BCUT2D eigenvalue weighted by Crippen LogP contribution is -2.23. The molecular formula is C9H7NO6S. The second-order valence-corrected chi connectivity index (χ2v) is 4.73. The normalized spacial score (nSPS) is 11.9. The zero-order valence-corrected chi connectivity index (χ0v) is 9.39. The van der Waals surface area contributed by atoms with Crippen molar-refractivity contribution in [2.45, 2.75) is 4.90 Å². The summed E-state index contributed by atoms with van der Waals surface area (Å²) in [4.78, 5) is 22.1. The molecule has 1 aromatic carbocycles. The molecule has 1 aromatic heterocycles. The molecule has 0 spiro atoms. The van der Waals surface area contributed by atoms with E-state index >= 15 is 0 Å². The first-order valence-electron chi connectivity index (χ1n) is 4.42. The molecule has 8 heteroatoms. The molecule has 0 aliphatic heterocycles. The Kier molecular flexibility index (Phi) is 2.40. The van der Waals surface area contributed by atoms with Crippen molar-refractivity contribution in [3.63, 3.8) is 0 Å². The monoisotopic (exact) mass is 257 g/mol. The molecule has 17 heavy (non-hydrogen) atoms. The van der Waals surface area contributed by atoms with Gasteiger partial charge in [0.1, 0.15) is 10.3 Å². The number of fused-ring (bicyclic) bond motifs is 1. The molecule has 0 saturated carbocycles. The van der Waals surface area contributed by atoms with Gasteiger partial charge in [0.2, 0.25) is 0 Å². The van der Waals surface area contributed by atoms with Gasteiger partial charge in [-0.15, -0.1) is 0 Å². The largest absolute Gasteiger partial charge is 0.422 e. The van der Waals surface area contributed by atoms with Crippen molar-refractivity contribution in [2.24, 2.45) is 7.05 Å². The maximum atomic E-state index is 11.5. The van der Waals surface area contributed by atoms with Crippen LogP contribution in [-0.4, -0.2) is 17.5 Å². The molecule has 0 unspecified atom stereocenters. The molecule has 0 bridgehead atoms. The summed E-state index contributed by atoms with van der Waals surface area (Å²) in [6, 6.07) is 3.74.